The van der Waals surface area contributed by atoms with Gasteiger partial charge in [-0.25, -0.2) is 0 Å². The summed E-state index contributed by atoms with van der Waals surface area (Å²) in [7, 11) is 0. The lowest BCUT2D eigenvalue weighted by molar-refractivity contribution is 1.29. The highest BCUT2D eigenvalue weighted by Crippen LogP contribution is 2.48. The highest BCUT2D eigenvalue weighted by atomic mass is 15.1. The van der Waals surface area contributed by atoms with Crippen LogP contribution in [0.3, 0.4) is 0 Å². The molecule has 302 valence electrons. The van der Waals surface area contributed by atoms with Crippen LogP contribution in [0, 0.1) is 11.3 Å². The molecule has 0 bridgehead atoms. The number of fused-ring (bicyclic) bond motifs is 5. The first-order valence-electron chi connectivity index (χ1n) is 22.1. The van der Waals surface area contributed by atoms with Gasteiger partial charge in [0.2, 0.25) is 0 Å². The topological polar surface area (TPSA) is 27.0 Å². The molecular weight excluding hydrogens is 785 g/mol. The van der Waals surface area contributed by atoms with Crippen LogP contribution < -0.4 is 4.90 Å². The van der Waals surface area contributed by atoms with Crippen LogP contribution in [-0.2, 0) is 0 Å². The Morgan fingerprint density at radius 3 is 1.23 bits per heavy atom. The summed E-state index contributed by atoms with van der Waals surface area (Å²) in [6, 6.07) is 89.7. The molecule has 0 N–H and O–H groups in total. The lowest BCUT2D eigenvalue weighted by atomic mass is 9.83. The Bertz CT molecular complexity index is 3800. The van der Waals surface area contributed by atoms with Gasteiger partial charge in [0, 0.05) is 16.8 Å². The molecular formula is C63H40N2. The molecule has 0 aliphatic carbocycles. The van der Waals surface area contributed by atoms with Crippen LogP contribution in [0.1, 0.15) is 5.56 Å². The van der Waals surface area contributed by atoms with Crippen molar-refractivity contribution in [1.29, 1.82) is 5.26 Å². The highest BCUT2D eigenvalue weighted by molar-refractivity contribution is 6.25. The lowest BCUT2D eigenvalue weighted by Crippen LogP contribution is -2.10. The molecule has 0 heterocycles. The van der Waals surface area contributed by atoms with Gasteiger partial charge in [-0.05, 0) is 142 Å². The first kappa shape index (κ1) is 37.9. The Morgan fingerprint density at radius 2 is 0.677 bits per heavy atom. The van der Waals surface area contributed by atoms with Gasteiger partial charge in [-0.1, -0.05) is 194 Å². The van der Waals surface area contributed by atoms with E-state index in [9.17, 15) is 5.26 Å². The third-order valence-electron chi connectivity index (χ3n) is 13.1. The zero-order valence-electron chi connectivity index (χ0n) is 35.5. The van der Waals surface area contributed by atoms with Crippen LogP contribution in [0.2, 0.25) is 0 Å². The summed E-state index contributed by atoms with van der Waals surface area (Å²) >= 11 is 0. The molecule has 12 aromatic rings. The Labute approximate surface area is 378 Å². The van der Waals surface area contributed by atoms with Gasteiger partial charge < -0.3 is 4.90 Å². The average Bonchev–Trinajstić information content (AvgIpc) is 3.38. The molecule has 65 heavy (non-hydrogen) atoms. The molecule has 0 fully saturated rings. The largest absolute Gasteiger partial charge is 0.310 e. The smallest absolute Gasteiger partial charge is 0.0991 e. The predicted molar refractivity (Wildman–Crippen MR) is 275 cm³/mol. The summed E-state index contributed by atoms with van der Waals surface area (Å²) in [4.78, 5) is 2.28. The Balaban J connectivity index is 0.975. The SMILES string of the molecule is N#Cc1ccc(N(c2ccc(-c3ccc(-c4ccc5c(-c6cccc7ccccc67)c6ccccc6c(-c6cccc7ccccc67)c5c4)cc3)cc2)c2cccc3ccccc23)cc1. The van der Waals surface area contributed by atoms with E-state index in [0.29, 0.717) is 5.56 Å². The van der Waals surface area contributed by atoms with Gasteiger partial charge in [0.15, 0.2) is 0 Å². The number of rotatable bonds is 7. The van der Waals surface area contributed by atoms with Crippen molar-refractivity contribution in [1.82, 2.24) is 0 Å². The van der Waals surface area contributed by atoms with Gasteiger partial charge in [0.1, 0.15) is 0 Å². The van der Waals surface area contributed by atoms with E-state index in [0.717, 1.165) is 33.6 Å². The molecule has 12 aromatic carbocycles. The summed E-state index contributed by atoms with van der Waals surface area (Å²) in [5.41, 5.74) is 13.4. The second-order valence-corrected chi connectivity index (χ2v) is 16.7. The van der Waals surface area contributed by atoms with Crippen molar-refractivity contribution in [2.45, 2.75) is 0 Å². The number of nitrogens with zero attached hydrogens (tertiary/aromatic N) is 2. The van der Waals surface area contributed by atoms with E-state index in [4.69, 9.17) is 0 Å². The van der Waals surface area contributed by atoms with E-state index >= 15 is 0 Å². The molecule has 0 aromatic heterocycles. The molecule has 0 amide bonds. The molecule has 0 spiro atoms. The number of benzene rings is 12. The fourth-order valence-corrected chi connectivity index (χ4v) is 10.00. The van der Waals surface area contributed by atoms with Crippen LogP contribution in [0.5, 0.6) is 0 Å². The minimum absolute atomic E-state index is 0.638. The van der Waals surface area contributed by atoms with Crippen molar-refractivity contribution in [2.24, 2.45) is 0 Å². The fraction of sp³-hybridized carbons (Fsp3) is 0. The van der Waals surface area contributed by atoms with Gasteiger partial charge in [0.25, 0.3) is 0 Å². The van der Waals surface area contributed by atoms with Crippen molar-refractivity contribution >= 4 is 70.9 Å². The summed E-state index contributed by atoms with van der Waals surface area (Å²) in [6.07, 6.45) is 0. The van der Waals surface area contributed by atoms with Gasteiger partial charge in [-0.2, -0.15) is 5.26 Å². The quantitative estimate of drug-likeness (QED) is 0.150. The summed E-state index contributed by atoms with van der Waals surface area (Å²) < 4.78 is 0. The maximum absolute atomic E-state index is 9.54. The van der Waals surface area contributed by atoms with Crippen LogP contribution in [0.25, 0.3) is 98.4 Å². The Kier molecular flexibility index (Phi) is 9.25. The van der Waals surface area contributed by atoms with Crippen LogP contribution in [0.15, 0.2) is 243 Å². The number of hydrogen-bond donors (Lipinski definition) is 0. The molecule has 12 rings (SSSR count). The van der Waals surface area contributed by atoms with E-state index in [1.54, 1.807) is 0 Å². The van der Waals surface area contributed by atoms with E-state index in [2.05, 4.69) is 229 Å². The highest BCUT2D eigenvalue weighted by Gasteiger charge is 2.21. The fourth-order valence-electron chi connectivity index (χ4n) is 10.00. The van der Waals surface area contributed by atoms with E-state index in [-0.39, 0.29) is 0 Å². The van der Waals surface area contributed by atoms with Crippen molar-refractivity contribution in [2.75, 3.05) is 4.90 Å². The number of nitriles is 1. The average molecular weight is 825 g/mol. The number of hydrogen-bond acceptors (Lipinski definition) is 2. The summed E-state index contributed by atoms with van der Waals surface area (Å²) in [5, 5.41) is 21.8. The molecule has 0 saturated heterocycles. The van der Waals surface area contributed by atoms with E-state index < -0.39 is 0 Å². The minimum atomic E-state index is 0.638. The van der Waals surface area contributed by atoms with Crippen molar-refractivity contribution < 1.29 is 0 Å². The molecule has 0 aliphatic rings. The molecule has 2 heteroatoms. The van der Waals surface area contributed by atoms with Crippen molar-refractivity contribution in [3.05, 3.63) is 248 Å². The number of anilines is 3. The third kappa shape index (κ3) is 6.58. The molecule has 0 saturated carbocycles. The Hall–Kier alpha value is -8.77. The molecule has 0 radical (unpaired) electrons. The molecule has 2 nitrogen and oxygen atoms in total. The zero-order valence-corrected chi connectivity index (χ0v) is 35.5. The predicted octanol–water partition coefficient (Wildman–Crippen LogP) is 17.5. The molecule has 0 aliphatic heterocycles. The lowest BCUT2D eigenvalue weighted by Gasteiger charge is -2.27. The monoisotopic (exact) mass is 824 g/mol. The zero-order chi connectivity index (χ0) is 43.3. The van der Waals surface area contributed by atoms with Gasteiger partial charge >= 0.3 is 0 Å². The second-order valence-electron chi connectivity index (χ2n) is 16.7. The van der Waals surface area contributed by atoms with Crippen LogP contribution in [-0.4, -0.2) is 0 Å². The molecule has 0 unspecified atom stereocenters. The summed E-state index contributed by atoms with van der Waals surface area (Å²) in [6.45, 7) is 0. The normalized spacial score (nSPS) is 11.4. The standard InChI is InChI=1S/C63H40N2/c64-41-42-26-35-50(36-27-42)65(61-25-11-17-48-14-3-6-20-54(48)61)51-37-32-44(33-38-51)43-28-30-45(31-29-43)49-34-39-59-60(40-49)63(56-24-10-16-47-13-2-5-19-53(47)56)58-22-8-7-21-57(58)62(59)55-23-9-15-46-12-1-4-18-52(46)55/h1-40H. The van der Waals surface area contributed by atoms with Crippen LogP contribution >= 0.6 is 0 Å². The third-order valence-corrected chi connectivity index (χ3v) is 13.1. The Morgan fingerprint density at radius 1 is 0.292 bits per heavy atom. The minimum Gasteiger partial charge on any atom is -0.310 e. The van der Waals surface area contributed by atoms with Gasteiger partial charge in [-0.3, -0.25) is 0 Å². The van der Waals surface area contributed by atoms with Gasteiger partial charge in [0.05, 0.1) is 17.3 Å². The first-order chi connectivity index (χ1) is 32.2. The second kappa shape index (κ2) is 15.9. The van der Waals surface area contributed by atoms with Crippen LogP contribution in [0.4, 0.5) is 17.1 Å². The van der Waals surface area contributed by atoms with Gasteiger partial charge in [-0.15, -0.1) is 0 Å². The molecule has 0 atom stereocenters. The van der Waals surface area contributed by atoms with E-state index in [1.165, 1.54) is 81.9 Å². The maximum Gasteiger partial charge on any atom is 0.0991 e. The van der Waals surface area contributed by atoms with Crippen molar-refractivity contribution in [3.8, 4) is 50.6 Å². The first-order valence-corrected chi connectivity index (χ1v) is 22.1. The maximum atomic E-state index is 9.54. The van der Waals surface area contributed by atoms with E-state index in [1.807, 2.05) is 24.3 Å². The van der Waals surface area contributed by atoms with Crippen molar-refractivity contribution in [3.63, 3.8) is 0 Å². The summed E-state index contributed by atoms with van der Waals surface area (Å²) in [5.74, 6) is 0.